The third-order valence-corrected chi connectivity index (χ3v) is 3.81. The molecule has 118 valence electrons. The molecule has 0 aliphatic carbocycles. The van der Waals surface area contributed by atoms with Crippen molar-refractivity contribution in [3.8, 4) is 5.75 Å². The Morgan fingerprint density at radius 3 is 2.00 bits per heavy atom. The Kier molecular flexibility index (Phi) is 3.63. The summed E-state index contributed by atoms with van der Waals surface area (Å²) in [6.45, 7) is 0. The highest BCUT2D eigenvalue weighted by Gasteiger charge is 2.37. The molecule has 0 unspecified atom stereocenters. The highest BCUT2D eigenvalue weighted by molar-refractivity contribution is 9.10. The highest BCUT2D eigenvalue weighted by Crippen LogP contribution is 2.36. The van der Waals surface area contributed by atoms with E-state index in [2.05, 4.69) is 20.7 Å². The molecule has 0 fully saturated rings. The molecule has 8 heteroatoms. The van der Waals surface area contributed by atoms with Gasteiger partial charge in [0.1, 0.15) is 5.75 Å². The third-order valence-electron chi connectivity index (χ3n) is 3.19. The lowest BCUT2D eigenvalue weighted by atomic mass is 10.1. The van der Waals surface area contributed by atoms with E-state index in [0.717, 1.165) is 11.0 Å². The normalized spacial score (nSPS) is 14.2. The molecule has 0 aromatic heterocycles. The SMILES string of the molecule is O=C1c2ccccc2C(=O)N1c1ccc(OC(F)(F)F)c(Br)c1. The molecule has 0 saturated heterocycles. The number of nitrogens with zero attached hydrogens (tertiary/aromatic N) is 1. The lowest BCUT2D eigenvalue weighted by molar-refractivity contribution is -0.274. The fourth-order valence-electron chi connectivity index (χ4n) is 2.26. The lowest BCUT2D eigenvalue weighted by Gasteiger charge is -2.16. The average Bonchev–Trinajstić information content (AvgIpc) is 2.73. The number of carbonyl (C=O) groups is 2. The number of carbonyl (C=O) groups excluding carboxylic acids is 2. The van der Waals surface area contributed by atoms with E-state index in [9.17, 15) is 22.8 Å². The van der Waals surface area contributed by atoms with Gasteiger partial charge in [-0.05, 0) is 46.3 Å². The van der Waals surface area contributed by atoms with E-state index in [-0.39, 0.29) is 21.3 Å². The molecule has 3 rings (SSSR count). The number of alkyl halides is 3. The van der Waals surface area contributed by atoms with Crippen molar-refractivity contribution in [1.82, 2.24) is 0 Å². The number of hydrogen-bond acceptors (Lipinski definition) is 3. The molecule has 2 aromatic carbocycles. The van der Waals surface area contributed by atoms with Crippen molar-refractivity contribution in [2.24, 2.45) is 0 Å². The van der Waals surface area contributed by atoms with E-state index in [1.165, 1.54) is 24.3 Å². The van der Waals surface area contributed by atoms with E-state index in [0.29, 0.717) is 0 Å². The Balaban J connectivity index is 1.97. The second kappa shape index (κ2) is 5.38. The lowest BCUT2D eigenvalue weighted by Crippen LogP contribution is -2.29. The maximum atomic E-state index is 12.3. The molecule has 1 aliphatic heterocycles. The first-order chi connectivity index (χ1) is 10.8. The van der Waals surface area contributed by atoms with Crippen LogP contribution in [0.2, 0.25) is 0 Å². The Bertz CT molecular complexity index is 785. The number of rotatable bonds is 2. The third kappa shape index (κ3) is 2.81. The Morgan fingerprint density at radius 2 is 1.52 bits per heavy atom. The molecule has 0 radical (unpaired) electrons. The van der Waals surface area contributed by atoms with Gasteiger partial charge in [-0.2, -0.15) is 0 Å². The predicted octanol–water partition coefficient (Wildman–Crippen LogP) is 4.15. The van der Waals surface area contributed by atoms with Crippen molar-refractivity contribution < 1.29 is 27.5 Å². The molecule has 1 aliphatic rings. The van der Waals surface area contributed by atoms with E-state index in [1.807, 2.05) is 0 Å². The molecule has 0 saturated carbocycles. The number of amides is 2. The molecule has 0 bridgehead atoms. The molecule has 0 atom stereocenters. The Labute approximate surface area is 136 Å². The van der Waals surface area contributed by atoms with Gasteiger partial charge < -0.3 is 4.74 Å². The number of anilines is 1. The number of fused-ring (bicyclic) bond motifs is 1. The topological polar surface area (TPSA) is 46.6 Å². The summed E-state index contributed by atoms with van der Waals surface area (Å²) in [6, 6.07) is 9.78. The molecule has 4 nitrogen and oxygen atoms in total. The van der Waals surface area contributed by atoms with Crippen LogP contribution in [0.3, 0.4) is 0 Å². The maximum absolute atomic E-state index is 12.3. The van der Waals surface area contributed by atoms with Crippen LogP contribution in [0.1, 0.15) is 20.7 Å². The minimum atomic E-state index is -4.83. The average molecular weight is 386 g/mol. The van der Waals surface area contributed by atoms with Gasteiger partial charge in [-0.15, -0.1) is 13.2 Å². The van der Waals surface area contributed by atoms with E-state index in [4.69, 9.17) is 0 Å². The second-order valence-corrected chi connectivity index (χ2v) is 5.51. The summed E-state index contributed by atoms with van der Waals surface area (Å²) >= 11 is 2.95. The van der Waals surface area contributed by atoms with Crippen molar-refractivity contribution in [2.45, 2.75) is 6.36 Å². The maximum Gasteiger partial charge on any atom is 0.573 e. The van der Waals surface area contributed by atoms with Gasteiger partial charge in [0.25, 0.3) is 11.8 Å². The fourth-order valence-corrected chi connectivity index (χ4v) is 2.71. The van der Waals surface area contributed by atoms with Gasteiger partial charge in [0, 0.05) is 0 Å². The quantitative estimate of drug-likeness (QED) is 0.729. The summed E-state index contributed by atoms with van der Waals surface area (Å²) in [7, 11) is 0. The largest absolute Gasteiger partial charge is 0.573 e. The smallest absolute Gasteiger partial charge is 0.405 e. The van der Waals surface area contributed by atoms with Gasteiger partial charge in [-0.3, -0.25) is 9.59 Å². The van der Waals surface area contributed by atoms with Crippen LogP contribution < -0.4 is 9.64 Å². The van der Waals surface area contributed by atoms with Crippen molar-refractivity contribution in [2.75, 3.05) is 4.90 Å². The number of ether oxygens (including phenoxy) is 1. The van der Waals surface area contributed by atoms with Crippen molar-refractivity contribution in [3.63, 3.8) is 0 Å². The molecule has 23 heavy (non-hydrogen) atoms. The molecule has 0 spiro atoms. The number of halogens is 4. The van der Waals surface area contributed by atoms with Crippen molar-refractivity contribution in [3.05, 3.63) is 58.1 Å². The van der Waals surface area contributed by atoms with Crippen molar-refractivity contribution in [1.29, 1.82) is 0 Å². The van der Waals surface area contributed by atoms with Gasteiger partial charge in [-0.25, -0.2) is 4.90 Å². The monoisotopic (exact) mass is 385 g/mol. The van der Waals surface area contributed by atoms with Crippen LogP contribution in [-0.4, -0.2) is 18.2 Å². The first-order valence-corrected chi connectivity index (χ1v) is 7.10. The summed E-state index contributed by atoms with van der Waals surface area (Å²) < 4.78 is 40.6. The zero-order valence-electron chi connectivity index (χ0n) is 11.2. The summed E-state index contributed by atoms with van der Waals surface area (Å²) in [4.78, 5) is 25.5. The molecular formula is C15H7BrF3NO3. The first kappa shape index (κ1) is 15.5. The van der Waals surface area contributed by atoms with Crippen LogP contribution >= 0.6 is 15.9 Å². The Hall–Kier alpha value is -2.35. The van der Waals surface area contributed by atoms with Crippen LogP contribution in [0.5, 0.6) is 5.75 Å². The van der Waals surface area contributed by atoms with E-state index < -0.39 is 23.9 Å². The fraction of sp³-hybridized carbons (Fsp3) is 0.0667. The zero-order chi connectivity index (χ0) is 16.8. The standard InChI is InChI=1S/C15H7BrF3NO3/c16-11-7-8(5-6-12(11)23-15(17,18)19)20-13(21)9-3-1-2-4-10(9)14(20)22/h1-7H. The zero-order valence-corrected chi connectivity index (χ0v) is 12.8. The number of benzene rings is 2. The number of imide groups is 1. The van der Waals surface area contributed by atoms with Crippen LogP contribution in [0, 0.1) is 0 Å². The van der Waals surface area contributed by atoms with Crippen LogP contribution in [0.4, 0.5) is 18.9 Å². The van der Waals surface area contributed by atoms with Gasteiger partial charge in [0.15, 0.2) is 0 Å². The van der Waals surface area contributed by atoms with E-state index >= 15 is 0 Å². The van der Waals surface area contributed by atoms with Gasteiger partial charge in [0.2, 0.25) is 0 Å². The van der Waals surface area contributed by atoms with Crippen LogP contribution in [0.25, 0.3) is 0 Å². The predicted molar refractivity (Wildman–Crippen MR) is 78.4 cm³/mol. The van der Waals surface area contributed by atoms with Gasteiger partial charge >= 0.3 is 6.36 Å². The second-order valence-electron chi connectivity index (χ2n) is 4.65. The minimum Gasteiger partial charge on any atom is -0.405 e. The molecule has 1 heterocycles. The summed E-state index contributed by atoms with van der Waals surface area (Å²) in [5.41, 5.74) is 0.658. The summed E-state index contributed by atoms with van der Waals surface area (Å²) in [6.07, 6.45) is -4.83. The highest BCUT2D eigenvalue weighted by atomic mass is 79.9. The van der Waals surface area contributed by atoms with Crippen molar-refractivity contribution >= 4 is 33.4 Å². The summed E-state index contributed by atoms with van der Waals surface area (Å²) in [5, 5.41) is 0. The molecular weight excluding hydrogens is 379 g/mol. The van der Waals surface area contributed by atoms with Gasteiger partial charge in [-0.1, -0.05) is 12.1 Å². The number of hydrogen-bond donors (Lipinski definition) is 0. The first-order valence-electron chi connectivity index (χ1n) is 6.31. The molecule has 0 N–H and O–H groups in total. The molecule has 2 amide bonds. The van der Waals surface area contributed by atoms with Crippen LogP contribution in [0.15, 0.2) is 46.9 Å². The summed E-state index contributed by atoms with van der Waals surface area (Å²) in [5.74, 6) is -1.51. The van der Waals surface area contributed by atoms with Gasteiger partial charge in [0.05, 0.1) is 21.3 Å². The minimum absolute atomic E-state index is 0.0242. The molecule has 2 aromatic rings. The van der Waals surface area contributed by atoms with Crippen LogP contribution in [-0.2, 0) is 0 Å². The Morgan fingerprint density at radius 1 is 0.957 bits per heavy atom. The van der Waals surface area contributed by atoms with E-state index in [1.54, 1.807) is 12.1 Å².